The van der Waals surface area contributed by atoms with Crippen LogP contribution < -0.4 is 5.32 Å². The Balaban J connectivity index is 2.60. The normalized spacial score (nSPS) is 12.8. The standard InChI is InChI=1S/C16H22ClNO3/c1-11(7-8-14(19)20)18-15(21)16(2,3)10-12-5-4-6-13(17)9-12/h4-6,9,11H,7-8,10H2,1-3H3,(H,18,21)(H,19,20). The Morgan fingerprint density at radius 3 is 2.62 bits per heavy atom. The van der Waals surface area contributed by atoms with E-state index in [1.165, 1.54) is 0 Å². The molecule has 1 aromatic carbocycles. The summed E-state index contributed by atoms with van der Waals surface area (Å²) in [6, 6.07) is 7.29. The van der Waals surface area contributed by atoms with E-state index in [4.69, 9.17) is 16.7 Å². The molecule has 0 spiro atoms. The van der Waals surface area contributed by atoms with Crippen molar-refractivity contribution in [2.24, 2.45) is 5.41 Å². The highest BCUT2D eigenvalue weighted by molar-refractivity contribution is 6.30. The highest BCUT2D eigenvalue weighted by Gasteiger charge is 2.28. The third-order valence-electron chi connectivity index (χ3n) is 3.32. The Kier molecular flexibility index (Phi) is 6.21. The molecule has 0 bridgehead atoms. The highest BCUT2D eigenvalue weighted by atomic mass is 35.5. The maximum atomic E-state index is 12.3. The summed E-state index contributed by atoms with van der Waals surface area (Å²) in [4.78, 5) is 22.9. The second-order valence-electron chi connectivity index (χ2n) is 6.00. The van der Waals surface area contributed by atoms with Gasteiger partial charge in [-0.15, -0.1) is 0 Å². The molecule has 1 rings (SSSR count). The molecule has 5 heteroatoms. The maximum Gasteiger partial charge on any atom is 0.303 e. The van der Waals surface area contributed by atoms with Crippen molar-refractivity contribution in [3.63, 3.8) is 0 Å². The number of hydrogen-bond acceptors (Lipinski definition) is 2. The van der Waals surface area contributed by atoms with Crippen molar-refractivity contribution >= 4 is 23.5 Å². The number of carboxylic acid groups (broad SMARTS) is 1. The molecule has 116 valence electrons. The first-order chi connectivity index (χ1) is 9.70. The number of carbonyl (C=O) groups is 2. The van der Waals surface area contributed by atoms with Crippen molar-refractivity contribution in [3.8, 4) is 0 Å². The Hall–Kier alpha value is -1.55. The van der Waals surface area contributed by atoms with Gasteiger partial charge in [-0.3, -0.25) is 9.59 Å². The van der Waals surface area contributed by atoms with Gasteiger partial charge in [0, 0.05) is 22.9 Å². The SMILES string of the molecule is CC(CCC(=O)O)NC(=O)C(C)(C)Cc1cccc(Cl)c1. The number of halogens is 1. The Labute approximate surface area is 130 Å². The van der Waals surface area contributed by atoms with Crippen LogP contribution in [0.4, 0.5) is 0 Å². The van der Waals surface area contributed by atoms with Crippen molar-refractivity contribution in [1.82, 2.24) is 5.32 Å². The van der Waals surface area contributed by atoms with Crippen LogP contribution in [-0.4, -0.2) is 23.0 Å². The van der Waals surface area contributed by atoms with Crippen LogP contribution >= 0.6 is 11.6 Å². The van der Waals surface area contributed by atoms with Crippen LogP contribution in [0.3, 0.4) is 0 Å². The molecule has 0 aromatic heterocycles. The number of hydrogen-bond donors (Lipinski definition) is 2. The summed E-state index contributed by atoms with van der Waals surface area (Å²) in [5.41, 5.74) is 0.420. The summed E-state index contributed by atoms with van der Waals surface area (Å²) in [5.74, 6) is -0.936. The molecule has 1 aromatic rings. The lowest BCUT2D eigenvalue weighted by atomic mass is 9.84. The zero-order valence-corrected chi connectivity index (χ0v) is 13.4. The predicted octanol–water partition coefficient (Wildman–Crippen LogP) is 3.28. The number of carboxylic acids is 1. The molecular formula is C16H22ClNO3. The average molecular weight is 312 g/mol. The zero-order valence-electron chi connectivity index (χ0n) is 12.6. The number of carbonyl (C=O) groups excluding carboxylic acids is 1. The fourth-order valence-electron chi connectivity index (χ4n) is 2.07. The minimum atomic E-state index is -0.853. The Morgan fingerprint density at radius 2 is 2.05 bits per heavy atom. The van der Waals surface area contributed by atoms with Crippen molar-refractivity contribution < 1.29 is 14.7 Å². The number of amides is 1. The van der Waals surface area contributed by atoms with E-state index in [9.17, 15) is 9.59 Å². The molecule has 1 amide bonds. The van der Waals surface area contributed by atoms with Gasteiger partial charge in [-0.05, 0) is 37.5 Å². The van der Waals surface area contributed by atoms with Gasteiger partial charge in [0.05, 0.1) is 0 Å². The second-order valence-corrected chi connectivity index (χ2v) is 6.43. The molecule has 0 radical (unpaired) electrons. The lowest BCUT2D eigenvalue weighted by Gasteiger charge is -2.26. The molecule has 2 N–H and O–H groups in total. The highest BCUT2D eigenvalue weighted by Crippen LogP contribution is 2.24. The van der Waals surface area contributed by atoms with Crippen molar-refractivity contribution in [3.05, 3.63) is 34.9 Å². The molecule has 0 aliphatic heterocycles. The Morgan fingerprint density at radius 1 is 1.38 bits per heavy atom. The predicted molar refractivity (Wildman–Crippen MR) is 83.4 cm³/mol. The lowest BCUT2D eigenvalue weighted by Crippen LogP contribution is -2.43. The monoisotopic (exact) mass is 311 g/mol. The molecule has 1 atom stereocenters. The minimum absolute atomic E-state index is 0.0518. The zero-order chi connectivity index (χ0) is 16.0. The van der Waals surface area contributed by atoms with Crippen LogP contribution in [0.15, 0.2) is 24.3 Å². The van der Waals surface area contributed by atoms with Gasteiger partial charge in [-0.2, -0.15) is 0 Å². The number of nitrogens with one attached hydrogen (secondary N) is 1. The first-order valence-electron chi connectivity index (χ1n) is 6.98. The molecule has 1 unspecified atom stereocenters. The maximum absolute atomic E-state index is 12.3. The first kappa shape index (κ1) is 17.5. The largest absolute Gasteiger partial charge is 0.481 e. The van der Waals surface area contributed by atoms with Gasteiger partial charge in [0.1, 0.15) is 0 Å². The van der Waals surface area contributed by atoms with Gasteiger partial charge in [0.2, 0.25) is 5.91 Å². The summed E-state index contributed by atoms with van der Waals surface area (Å²) >= 11 is 5.95. The van der Waals surface area contributed by atoms with Gasteiger partial charge in [0.15, 0.2) is 0 Å². The molecule has 21 heavy (non-hydrogen) atoms. The van der Waals surface area contributed by atoms with Crippen LogP contribution in [0.25, 0.3) is 0 Å². The lowest BCUT2D eigenvalue weighted by molar-refractivity contribution is -0.137. The molecule has 0 fully saturated rings. The van der Waals surface area contributed by atoms with E-state index in [0.717, 1.165) is 5.56 Å². The van der Waals surface area contributed by atoms with E-state index in [0.29, 0.717) is 17.9 Å². The number of aliphatic carboxylic acids is 1. The average Bonchev–Trinajstić information content (AvgIpc) is 2.35. The van der Waals surface area contributed by atoms with E-state index in [1.807, 2.05) is 39.0 Å². The quantitative estimate of drug-likeness (QED) is 0.812. The van der Waals surface area contributed by atoms with Gasteiger partial charge in [-0.1, -0.05) is 37.6 Å². The van der Waals surface area contributed by atoms with E-state index < -0.39 is 11.4 Å². The van der Waals surface area contributed by atoms with Gasteiger partial charge in [0.25, 0.3) is 0 Å². The van der Waals surface area contributed by atoms with Gasteiger partial charge in [-0.25, -0.2) is 0 Å². The van der Waals surface area contributed by atoms with Gasteiger partial charge < -0.3 is 10.4 Å². The topological polar surface area (TPSA) is 66.4 Å². The number of rotatable bonds is 7. The smallest absolute Gasteiger partial charge is 0.303 e. The first-order valence-corrected chi connectivity index (χ1v) is 7.36. The molecule has 4 nitrogen and oxygen atoms in total. The molecule has 0 saturated heterocycles. The summed E-state index contributed by atoms with van der Waals surface area (Å²) in [6.45, 7) is 5.55. The molecule has 0 aliphatic rings. The van der Waals surface area contributed by atoms with Crippen LogP contribution in [0.2, 0.25) is 5.02 Å². The van der Waals surface area contributed by atoms with Crippen molar-refractivity contribution in [1.29, 1.82) is 0 Å². The molecule has 0 heterocycles. The van der Waals surface area contributed by atoms with Crippen molar-refractivity contribution in [2.75, 3.05) is 0 Å². The van der Waals surface area contributed by atoms with E-state index in [2.05, 4.69) is 5.32 Å². The van der Waals surface area contributed by atoms with Crippen LogP contribution in [0.1, 0.15) is 39.2 Å². The van der Waals surface area contributed by atoms with E-state index in [-0.39, 0.29) is 18.4 Å². The van der Waals surface area contributed by atoms with Crippen LogP contribution in [0, 0.1) is 5.41 Å². The second kappa shape index (κ2) is 7.46. The molecule has 0 saturated carbocycles. The van der Waals surface area contributed by atoms with Crippen LogP contribution in [-0.2, 0) is 16.0 Å². The van der Waals surface area contributed by atoms with Crippen LogP contribution in [0.5, 0.6) is 0 Å². The third kappa shape index (κ3) is 6.17. The third-order valence-corrected chi connectivity index (χ3v) is 3.55. The fourth-order valence-corrected chi connectivity index (χ4v) is 2.28. The number of benzene rings is 1. The minimum Gasteiger partial charge on any atom is -0.481 e. The summed E-state index contributed by atoms with van der Waals surface area (Å²) in [7, 11) is 0. The fraction of sp³-hybridized carbons (Fsp3) is 0.500. The molecule has 0 aliphatic carbocycles. The summed E-state index contributed by atoms with van der Waals surface area (Å²) in [6.07, 6.45) is 1.05. The van der Waals surface area contributed by atoms with Gasteiger partial charge >= 0.3 is 5.97 Å². The van der Waals surface area contributed by atoms with Crippen molar-refractivity contribution in [2.45, 2.75) is 46.1 Å². The van der Waals surface area contributed by atoms with E-state index >= 15 is 0 Å². The Bertz CT molecular complexity index is 514. The molecular weight excluding hydrogens is 290 g/mol. The van der Waals surface area contributed by atoms with E-state index in [1.54, 1.807) is 6.07 Å². The summed E-state index contributed by atoms with van der Waals surface area (Å²) < 4.78 is 0. The summed E-state index contributed by atoms with van der Waals surface area (Å²) in [5, 5.41) is 12.2.